The molecule has 2 unspecified atom stereocenters. The summed E-state index contributed by atoms with van der Waals surface area (Å²) < 4.78 is 10.9. The number of amides is 4. The molecule has 2 N–H and O–H groups in total. The number of hydrogen-bond acceptors (Lipinski definition) is 6. The van der Waals surface area contributed by atoms with Crippen molar-refractivity contribution in [1.82, 2.24) is 15.5 Å². The van der Waals surface area contributed by atoms with Crippen molar-refractivity contribution in [2.45, 2.75) is 57.3 Å². The number of benzene rings is 1. The first-order valence-corrected chi connectivity index (χ1v) is 10.2. The van der Waals surface area contributed by atoms with Gasteiger partial charge in [0.2, 0.25) is 11.8 Å². The lowest BCUT2D eigenvalue weighted by Crippen LogP contribution is -2.52. The van der Waals surface area contributed by atoms with Crippen LogP contribution >= 0.6 is 0 Å². The maximum Gasteiger partial charge on any atom is 0.407 e. The number of imide groups is 1. The molecule has 2 fully saturated rings. The molecule has 0 aliphatic carbocycles. The number of piperidine rings is 1. The van der Waals surface area contributed by atoms with Gasteiger partial charge in [0.05, 0.1) is 5.60 Å². The predicted octanol–water partition coefficient (Wildman–Crippen LogP) is 1.24. The van der Waals surface area contributed by atoms with Crippen LogP contribution < -0.4 is 10.6 Å². The number of rotatable bonds is 5. The quantitative estimate of drug-likeness (QED) is 0.700. The van der Waals surface area contributed by atoms with Crippen molar-refractivity contribution in [3.63, 3.8) is 0 Å². The summed E-state index contributed by atoms with van der Waals surface area (Å²) in [5, 5.41) is 4.98. The molecule has 9 nitrogen and oxygen atoms in total. The largest absolute Gasteiger partial charge is 0.446 e. The number of fused-ring (bicyclic) bond motifs is 1. The lowest BCUT2D eigenvalue weighted by Gasteiger charge is -2.29. The highest BCUT2D eigenvalue weighted by molar-refractivity contribution is 6.05. The molecule has 3 aliphatic heterocycles. The molecule has 2 saturated heterocycles. The summed E-state index contributed by atoms with van der Waals surface area (Å²) in [7, 11) is 0. The fourth-order valence-electron chi connectivity index (χ4n) is 4.11. The molecule has 4 amide bonds. The van der Waals surface area contributed by atoms with Gasteiger partial charge >= 0.3 is 6.09 Å². The molecular weight excluding hydrogens is 390 g/mol. The van der Waals surface area contributed by atoms with Gasteiger partial charge in [-0.15, -0.1) is 0 Å². The molecule has 160 valence electrons. The molecule has 0 bridgehead atoms. The maximum atomic E-state index is 12.8. The molecule has 0 aromatic heterocycles. The topological polar surface area (TPSA) is 114 Å². The number of carbonyl (C=O) groups excluding carboxylic acids is 4. The molecule has 0 saturated carbocycles. The second-order valence-corrected chi connectivity index (χ2v) is 8.22. The van der Waals surface area contributed by atoms with Crippen molar-refractivity contribution in [1.29, 1.82) is 0 Å². The summed E-state index contributed by atoms with van der Waals surface area (Å²) in [6, 6.07) is 4.75. The van der Waals surface area contributed by atoms with Crippen LogP contribution in [0, 0.1) is 0 Å². The Morgan fingerprint density at radius 2 is 2.20 bits per heavy atom. The van der Waals surface area contributed by atoms with E-state index in [0.717, 1.165) is 24.0 Å². The standard InChI is InChI=1S/C21H25N3O6/c1-21(7-2-8-30-21)12-29-20(28)22-10-13-3-4-14-11-24(19(27)15(14)9-13)16-5-6-17(25)23-18(16)26/h3-4,9,16H,2,5-8,10-12H2,1H3,(H,22,28)(H,23,25,26). The molecular formula is C21H25N3O6. The molecule has 30 heavy (non-hydrogen) atoms. The molecule has 2 atom stereocenters. The van der Waals surface area contributed by atoms with E-state index < -0.39 is 23.6 Å². The molecule has 0 spiro atoms. The number of nitrogens with zero attached hydrogens (tertiary/aromatic N) is 1. The van der Waals surface area contributed by atoms with Crippen molar-refractivity contribution in [3.8, 4) is 0 Å². The summed E-state index contributed by atoms with van der Waals surface area (Å²) in [5.74, 6) is -0.985. The fourth-order valence-corrected chi connectivity index (χ4v) is 4.11. The van der Waals surface area contributed by atoms with Crippen LogP contribution in [0.15, 0.2) is 18.2 Å². The van der Waals surface area contributed by atoms with E-state index in [-0.39, 0.29) is 31.4 Å². The van der Waals surface area contributed by atoms with Gasteiger partial charge in [0, 0.05) is 31.7 Å². The number of hydrogen-bond donors (Lipinski definition) is 2. The lowest BCUT2D eigenvalue weighted by molar-refractivity contribution is -0.136. The normalized spacial score (nSPS) is 25.8. The maximum absolute atomic E-state index is 12.8. The first-order valence-electron chi connectivity index (χ1n) is 10.2. The zero-order valence-corrected chi connectivity index (χ0v) is 16.9. The third-order valence-corrected chi connectivity index (χ3v) is 5.84. The second kappa shape index (κ2) is 8.06. The van der Waals surface area contributed by atoms with Crippen molar-refractivity contribution in [2.24, 2.45) is 0 Å². The van der Waals surface area contributed by atoms with Crippen molar-refractivity contribution in [2.75, 3.05) is 13.2 Å². The highest BCUT2D eigenvalue weighted by Crippen LogP contribution is 2.28. The van der Waals surface area contributed by atoms with Crippen LogP contribution in [0.5, 0.6) is 0 Å². The van der Waals surface area contributed by atoms with Crippen molar-refractivity contribution >= 4 is 23.8 Å². The van der Waals surface area contributed by atoms with Gasteiger partial charge in [-0.05, 0) is 43.4 Å². The number of nitrogens with one attached hydrogen (secondary N) is 2. The minimum atomic E-state index is -0.640. The number of alkyl carbamates (subject to hydrolysis) is 1. The Morgan fingerprint density at radius 1 is 1.37 bits per heavy atom. The van der Waals surface area contributed by atoms with E-state index in [9.17, 15) is 19.2 Å². The summed E-state index contributed by atoms with van der Waals surface area (Å²) >= 11 is 0. The third-order valence-electron chi connectivity index (χ3n) is 5.84. The van der Waals surface area contributed by atoms with Crippen LogP contribution in [-0.4, -0.2) is 53.6 Å². The van der Waals surface area contributed by atoms with E-state index in [1.807, 2.05) is 19.1 Å². The first kappa shape index (κ1) is 20.3. The van der Waals surface area contributed by atoms with Crippen LogP contribution in [0.4, 0.5) is 4.79 Å². The van der Waals surface area contributed by atoms with Gasteiger partial charge in [-0.25, -0.2) is 4.79 Å². The Balaban J connectivity index is 1.33. The Kier molecular flexibility index (Phi) is 5.46. The van der Waals surface area contributed by atoms with Gasteiger partial charge in [-0.1, -0.05) is 12.1 Å². The number of ether oxygens (including phenoxy) is 2. The van der Waals surface area contributed by atoms with Crippen LogP contribution in [0.1, 0.15) is 54.1 Å². The van der Waals surface area contributed by atoms with E-state index in [1.54, 1.807) is 6.07 Å². The average molecular weight is 415 g/mol. The summed E-state index contributed by atoms with van der Waals surface area (Å²) in [5.41, 5.74) is 1.67. The minimum absolute atomic E-state index is 0.197. The van der Waals surface area contributed by atoms with Gasteiger partial charge in [-0.3, -0.25) is 19.7 Å². The first-order chi connectivity index (χ1) is 14.3. The summed E-state index contributed by atoms with van der Waals surface area (Å²) in [4.78, 5) is 49.8. The van der Waals surface area contributed by atoms with Gasteiger partial charge in [0.25, 0.3) is 5.91 Å². The Labute approximate surface area is 174 Å². The molecule has 1 aromatic carbocycles. The molecule has 1 aromatic rings. The van der Waals surface area contributed by atoms with E-state index in [0.29, 0.717) is 25.1 Å². The zero-order chi connectivity index (χ0) is 21.3. The predicted molar refractivity (Wildman–Crippen MR) is 104 cm³/mol. The smallest absolute Gasteiger partial charge is 0.407 e. The van der Waals surface area contributed by atoms with Crippen LogP contribution in [-0.2, 0) is 32.2 Å². The monoisotopic (exact) mass is 415 g/mol. The molecule has 3 aliphatic rings. The molecule has 4 rings (SSSR count). The van der Waals surface area contributed by atoms with E-state index in [4.69, 9.17) is 9.47 Å². The molecule has 0 radical (unpaired) electrons. The summed E-state index contributed by atoms with van der Waals surface area (Å²) in [6.07, 6.45) is 1.83. The highest BCUT2D eigenvalue weighted by atomic mass is 16.6. The van der Waals surface area contributed by atoms with Crippen molar-refractivity contribution in [3.05, 3.63) is 34.9 Å². The van der Waals surface area contributed by atoms with Crippen molar-refractivity contribution < 1.29 is 28.7 Å². The van der Waals surface area contributed by atoms with E-state index >= 15 is 0 Å². The third kappa shape index (κ3) is 4.16. The zero-order valence-electron chi connectivity index (χ0n) is 16.9. The van der Waals surface area contributed by atoms with Crippen LogP contribution in [0.25, 0.3) is 0 Å². The lowest BCUT2D eigenvalue weighted by atomic mass is 10.0. The highest BCUT2D eigenvalue weighted by Gasteiger charge is 2.39. The van der Waals surface area contributed by atoms with Crippen LogP contribution in [0.3, 0.4) is 0 Å². The van der Waals surface area contributed by atoms with Gasteiger partial charge in [0.15, 0.2) is 0 Å². The van der Waals surface area contributed by atoms with Gasteiger partial charge in [-0.2, -0.15) is 0 Å². The Bertz CT molecular complexity index is 893. The number of carbonyl (C=O) groups is 4. The summed E-state index contributed by atoms with van der Waals surface area (Å²) in [6.45, 7) is 3.35. The minimum Gasteiger partial charge on any atom is -0.446 e. The van der Waals surface area contributed by atoms with E-state index in [2.05, 4.69) is 10.6 Å². The van der Waals surface area contributed by atoms with Crippen LogP contribution in [0.2, 0.25) is 0 Å². The Morgan fingerprint density at radius 3 is 2.93 bits per heavy atom. The van der Waals surface area contributed by atoms with Gasteiger partial charge in [0.1, 0.15) is 12.6 Å². The SMILES string of the molecule is CC1(COC(=O)NCc2ccc3c(c2)C(=O)N(C2CCC(=O)NC2=O)C3)CCCO1. The molecule has 3 heterocycles. The second-order valence-electron chi connectivity index (χ2n) is 8.22. The average Bonchev–Trinajstić information content (AvgIpc) is 3.29. The molecule has 9 heteroatoms. The van der Waals surface area contributed by atoms with Gasteiger partial charge < -0.3 is 19.7 Å². The Hall–Kier alpha value is -2.94. The fraction of sp³-hybridized carbons (Fsp3) is 0.524. The van der Waals surface area contributed by atoms with E-state index in [1.165, 1.54) is 4.90 Å².